The zero-order chi connectivity index (χ0) is 18.6. The average Bonchev–Trinajstić information content (AvgIpc) is 3.17. The van der Waals surface area contributed by atoms with Gasteiger partial charge in [-0.3, -0.25) is 4.99 Å². The Morgan fingerprint density at radius 1 is 1.22 bits per heavy atom. The lowest BCUT2D eigenvalue weighted by Gasteiger charge is -2.20. The van der Waals surface area contributed by atoms with E-state index in [0.29, 0.717) is 17.3 Å². The molecule has 0 fully saturated rings. The van der Waals surface area contributed by atoms with E-state index in [9.17, 15) is 0 Å². The summed E-state index contributed by atoms with van der Waals surface area (Å²) in [6.07, 6.45) is 6.44. The first-order chi connectivity index (χ1) is 12.7. The van der Waals surface area contributed by atoms with Gasteiger partial charge in [0, 0.05) is 20.1 Å². The third kappa shape index (κ3) is 8.79. The predicted molar refractivity (Wildman–Crippen MR) is 120 cm³/mol. The van der Waals surface area contributed by atoms with Crippen LogP contribution < -0.4 is 15.4 Å². The Balaban J connectivity index is 0.00000364. The van der Waals surface area contributed by atoms with Crippen molar-refractivity contribution in [3.8, 4) is 5.75 Å². The van der Waals surface area contributed by atoms with Gasteiger partial charge in [0.25, 0.3) is 0 Å². The molecule has 0 aliphatic carbocycles. The molecule has 1 heterocycles. The maximum atomic E-state index is 6.16. The molecule has 7 nitrogen and oxygen atoms in total. The molecular weight excluding hydrogens is 479 g/mol. The number of guanidine groups is 1. The highest BCUT2D eigenvalue weighted by molar-refractivity contribution is 14.0. The second-order valence-electron chi connectivity index (χ2n) is 5.87. The highest BCUT2D eigenvalue weighted by Gasteiger charge is 2.11. The number of hydrogen-bond donors (Lipinski definition) is 2. The number of benzene rings is 1. The number of unbranched alkanes of at least 4 members (excludes halogenated alkanes) is 1. The van der Waals surface area contributed by atoms with E-state index in [2.05, 4.69) is 32.7 Å². The van der Waals surface area contributed by atoms with Crippen molar-refractivity contribution in [2.24, 2.45) is 4.99 Å². The Morgan fingerprint density at radius 2 is 1.96 bits per heavy atom. The third-order valence-electron chi connectivity index (χ3n) is 3.91. The molecule has 2 N–H and O–H groups in total. The summed E-state index contributed by atoms with van der Waals surface area (Å²) >= 11 is 6.16. The molecule has 0 bridgehead atoms. The molecule has 0 saturated carbocycles. The molecule has 27 heavy (non-hydrogen) atoms. The summed E-state index contributed by atoms with van der Waals surface area (Å²) in [6.45, 7) is 4.51. The molecule has 0 spiro atoms. The highest BCUT2D eigenvalue weighted by Crippen LogP contribution is 2.24. The fourth-order valence-corrected chi connectivity index (χ4v) is 2.56. The van der Waals surface area contributed by atoms with Gasteiger partial charge in [0.05, 0.1) is 11.6 Å². The lowest BCUT2D eigenvalue weighted by molar-refractivity contribution is 0.199. The number of nitrogens with zero attached hydrogens (tertiary/aromatic N) is 4. The van der Waals surface area contributed by atoms with Gasteiger partial charge in [-0.1, -0.05) is 30.7 Å². The van der Waals surface area contributed by atoms with Crippen molar-refractivity contribution >= 4 is 41.5 Å². The van der Waals surface area contributed by atoms with E-state index >= 15 is 0 Å². The average molecular weight is 507 g/mol. The topological polar surface area (TPSA) is 76.4 Å². The predicted octanol–water partition coefficient (Wildman–Crippen LogP) is 3.35. The number of hydrogen-bond acceptors (Lipinski definition) is 4. The minimum atomic E-state index is 0. The van der Waals surface area contributed by atoms with Gasteiger partial charge in [-0.05, 0) is 31.4 Å². The first-order valence-electron chi connectivity index (χ1n) is 8.91. The van der Waals surface area contributed by atoms with Crippen LogP contribution in [0.4, 0.5) is 0 Å². The molecule has 0 saturated heterocycles. The standard InChI is InChI=1S/C18H27ClN6O.HI/c1-3-15(26-17-9-5-4-8-16(17)19)12-22-18(20-2)21-10-6-7-11-25-13-23-24-14-25;/h4-5,8-9,13-15H,3,6-7,10-12H2,1-2H3,(H2,20,21,22);1H. The van der Waals surface area contributed by atoms with Gasteiger partial charge in [-0.2, -0.15) is 0 Å². The smallest absolute Gasteiger partial charge is 0.191 e. The normalized spacial score (nSPS) is 12.2. The monoisotopic (exact) mass is 506 g/mol. The van der Waals surface area contributed by atoms with Crippen molar-refractivity contribution in [3.63, 3.8) is 0 Å². The van der Waals surface area contributed by atoms with Crippen LogP contribution in [-0.4, -0.2) is 47.0 Å². The van der Waals surface area contributed by atoms with Gasteiger partial charge in [0.2, 0.25) is 0 Å². The van der Waals surface area contributed by atoms with Crippen LogP contribution in [0.5, 0.6) is 5.75 Å². The number of aryl methyl sites for hydroxylation is 1. The van der Waals surface area contributed by atoms with Crippen molar-refractivity contribution in [2.75, 3.05) is 20.1 Å². The SMILES string of the molecule is CCC(CNC(=NC)NCCCCn1cnnc1)Oc1ccccc1Cl.I. The number of para-hydroxylation sites is 1. The van der Waals surface area contributed by atoms with Gasteiger partial charge in [0.15, 0.2) is 5.96 Å². The molecule has 1 aromatic carbocycles. The van der Waals surface area contributed by atoms with Crippen LogP contribution in [0.3, 0.4) is 0 Å². The second kappa shape index (κ2) is 13.6. The lowest BCUT2D eigenvalue weighted by Crippen LogP contribution is -2.42. The number of ether oxygens (including phenoxy) is 1. The molecule has 150 valence electrons. The van der Waals surface area contributed by atoms with Crippen LogP contribution in [0.1, 0.15) is 26.2 Å². The highest BCUT2D eigenvalue weighted by atomic mass is 127. The summed E-state index contributed by atoms with van der Waals surface area (Å²) in [5.74, 6) is 1.48. The van der Waals surface area contributed by atoms with E-state index in [1.165, 1.54) is 0 Å². The number of nitrogens with one attached hydrogen (secondary N) is 2. The zero-order valence-corrected chi connectivity index (χ0v) is 18.9. The molecule has 0 aliphatic rings. The summed E-state index contributed by atoms with van der Waals surface area (Å²) in [4.78, 5) is 4.25. The molecular formula is C18H28ClIN6O. The van der Waals surface area contributed by atoms with E-state index in [0.717, 1.165) is 38.3 Å². The summed E-state index contributed by atoms with van der Waals surface area (Å²) in [5.41, 5.74) is 0. The number of aromatic nitrogens is 3. The molecule has 2 aromatic rings. The van der Waals surface area contributed by atoms with Crippen LogP contribution in [0.25, 0.3) is 0 Å². The Kier molecular flexibility index (Phi) is 11.8. The van der Waals surface area contributed by atoms with Crippen LogP contribution >= 0.6 is 35.6 Å². The fourth-order valence-electron chi connectivity index (χ4n) is 2.38. The Morgan fingerprint density at radius 3 is 2.63 bits per heavy atom. The summed E-state index contributed by atoms with van der Waals surface area (Å²) in [5, 5.41) is 14.8. The van der Waals surface area contributed by atoms with Crippen molar-refractivity contribution in [1.82, 2.24) is 25.4 Å². The number of aliphatic imine (C=N–C) groups is 1. The first kappa shape index (κ1) is 23.5. The van der Waals surface area contributed by atoms with Crippen LogP contribution in [0.15, 0.2) is 41.9 Å². The molecule has 0 radical (unpaired) electrons. The molecule has 1 unspecified atom stereocenters. The second-order valence-corrected chi connectivity index (χ2v) is 6.27. The van der Waals surface area contributed by atoms with Crippen LogP contribution in [0.2, 0.25) is 5.02 Å². The Bertz CT molecular complexity index is 668. The molecule has 0 amide bonds. The summed E-state index contributed by atoms with van der Waals surface area (Å²) in [6, 6.07) is 7.52. The molecule has 1 atom stereocenters. The molecule has 9 heteroatoms. The number of rotatable bonds is 10. The minimum absolute atomic E-state index is 0. The van der Waals surface area contributed by atoms with Crippen molar-refractivity contribution < 1.29 is 4.74 Å². The van der Waals surface area contributed by atoms with Gasteiger partial charge in [0.1, 0.15) is 24.5 Å². The minimum Gasteiger partial charge on any atom is -0.487 e. The van der Waals surface area contributed by atoms with Gasteiger partial charge in [-0.15, -0.1) is 34.2 Å². The van der Waals surface area contributed by atoms with Crippen LogP contribution in [0, 0.1) is 0 Å². The zero-order valence-electron chi connectivity index (χ0n) is 15.8. The van der Waals surface area contributed by atoms with Crippen LogP contribution in [-0.2, 0) is 6.54 Å². The molecule has 2 rings (SSSR count). The quantitative estimate of drug-likeness (QED) is 0.224. The van der Waals surface area contributed by atoms with E-state index in [1.807, 2.05) is 28.8 Å². The summed E-state index contributed by atoms with van der Waals surface area (Å²) in [7, 11) is 1.77. The maximum absolute atomic E-state index is 6.16. The van der Waals surface area contributed by atoms with E-state index in [1.54, 1.807) is 19.7 Å². The summed E-state index contributed by atoms with van der Waals surface area (Å²) < 4.78 is 7.96. The lowest BCUT2D eigenvalue weighted by atomic mass is 10.2. The van der Waals surface area contributed by atoms with Gasteiger partial charge in [-0.25, -0.2) is 0 Å². The Labute approximate surface area is 183 Å². The van der Waals surface area contributed by atoms with Crippen molar-refractivity contribution in [1.29, 1.82) is 0 Å². The van der Waals surface area contributed by atoms with Crippen molar-refractivity contribution in [2.45, 2.75) is 38.8 Å². The molecule has 1 aromatic heterocycles. The third-order valence-corrected chi connectivity index (χ3v) is 4.22. The fraction of sp³-hybridized carbons (Fsp3) is 0.500. The molecule has 0 aliphatic heterocycles. The van der Waals surface area contributed by atoms with E-state index < -0.39 is 0 Å². The van der Waals surface area contributed by atoms with Gasteiger partial charge >= 0.3 is 0 Å². The Hall–Kier alpha value is -1.55. The maximum Gasteiger partial charge on any atom is 0.191 e. The van der Waals surface area contributed by atoms with E-state index in [4.69, 9.17) is 16.3 Å². The van der Waals surface area contributed by atoms with E-state index in [-0.39, 0.29) is 30.1 Å². The van der Waals surface area contributed by atoms with Crippen molar-refractivity contribution in [3.05, 3.63) is 41.9 Å². The van der Waals surface area contributed by atoms with Gasteiger partial charge < -0.3 is 19.9 Å². The first-order valence-corrected chi connectivity index (χ1v) is 9.28. The number of halogens is 2. The largest absolute Gasteiger partial charge is 0.487 e.